The quantitative estimate of drug-likeness (QED) is 0.903. The summed E-state index contributed by atoms with van der Waals surface area (Å²) in [6, 6.07) is 14.4. The van der Waals surface area contributed by atoms with Gasteiger partial charge in [-0.1, -0.05) is 30.3 Å². The van der Waals surface area contributed by atoms with Crippen molar-refractivity contribution < 1.29 is 9.21 Å². The summed E-state index contributed by atoms with van der Waals surface area (Å²) in [7, 11) is 0. The Kier molecular flexibility index (Phi) is 4.64. The summed E-state index contributed by atoms with van der Waals surface area (Å²) < 4.78 is 5.86. The molecule has 2 aromatic rings. The Balaban J connectivity index is 1.57. The number of hydrogen-bond acceptors (Lipinski definition) is 3. The van der Waals surface area contributed by atoms with Gasteiger partial charge in [-0.15, -0.1) is 0 Å². The normalized spacial score (nSPS) is 20.0. The molecule has 2 heterocycles. The van der Waals surface area contributed by atoms with Crippen LogP contribution in [0.3, 0.4) is 0 Å². The van der Waals surface area contributed by atoms with Crippen LogP contribution < -0.4 is 5.32 Å². The standard InChI is InChI=1S/C17H19BrN2O2/c1-12(13-5-3-2-4-6-13)20-10-9-14(11-20)19-17(21)15-7-8-16(18)22-15/h2-8,12,14H,9-11H2,1H3,(H,19,21)/t12-,14+/m1/s1. The lowest BCUT2D eigenvalue weighted by Gasteiger charge is -2.24. The van der Waals surface area contributed by atoms with Crippen LogP contribution in [0.15, 0.2) is 51.6 Å². The molecule has 1 fully saturated rings. The summed E-state index contributed by atoms with van der Waals surface area (Å²) in [6.45, 7) is 4.07. The van der Waals surface area contributed by atoms with Crippen molar-refractivity contribution in [1.82, 2.24) is 10.2 Å². The van der Waals surface area contributed by atoms with Crippen molar-refractivity contribution >= 4 is 21.8 Å². The molecule has 1 aliphatic heterocycles. The highest BCUT2D eigenvalue weighted by atomic mass is 79.9. The number of nitrogens with one attached hydrogen (secondary N) is 1. The van der Waals surface area contributed by atoms with Crippen molar-refractivity contribution in [2.24, 2.45) is 0 Å². The molecular weight excluding hydrogens is 344 g/mol. The van der Waals surface area contributed by atoms with Crippen molar-refractivity contribution in [2.45, 2.75) is 25.4 Å². The molecule has 0 aliphatic carbocycles. The highest BCUT2D eigenvalue weighted by molar-refractivity contribution is 9.10. The highest BCUT2D eigenvalue weighted by Crippen LogP contribution is 2.24. The van der Waals surface area contributed by atoms with Gasteiger partial charge < -0.3 is 9.73 Å². The number of likely N-dealkylation sites (tertiary alicyclic amines) is 1. The van der Waals surface area contributed by atoms with Gasteiger partial charge in [0.2, 0.25) is 0 Å². The first-order valence-electron chi connectivity index (χ1n) is 7.48. The van der Waals surface area contributed by atoms with E-state index in [0.717, 1.165) is 19.5 Å². The predicted octanol–water partition coefficient (Wildman–Crippen LogP) is 3.61. The average molecular weight is 363 g/mol. The number of carbonyl (C=O) groups is 1. The fraction of sp³-hybridized carbons (Fsp3) is 0.353. The van der Waals surface area contributed by atoms with Gasteiger partial charge in [0.15, 0.2) is 10.4 Å². The number of hydrogen-bond donors (Lipinski definition) is 1. The van der Waals surface area contributed by atoms with E-state index in [9.17, 15) is 4.79 Å². The van der Waals surface area contributed by atoms with E-state index in [2.05, 4.69) is 57.3 Å². The van der Waals surface area contributed by atoms with Crippen LogP contribution in [0.4, 0.5) is 0 Å². The zero-order valence-corrected chi connectivity index (χ0v) is 14.0. The first-order valence-corrected chi connectivity index (χ1v) is 8.28. The fourth-order valence-corrected chi connectivity index (χ4v) is 3.20. The van der Waals surface area contributed by atoms with Crippen molar-refractivity contribution in [3.8, 4) is 0 Å². The van der Waals surface area contributed by atoms with Crippen LogP contribution in [-0.4, -0.2) is 29.9 Å². The third-order valence-electron chi connectivity index (χ3n) is 4.18. The smallest absolute Gasteiger partial charge is 0.287 e. The molecule has 1 aliphatic rings. The molecule has 0 spiro atoms. The number of nitrogens with zero attached hydrogens (tertiary/aromatic N) is 1. The van der Waals surface area contributed by atoms with E-state index >= 15 is 0 Å². The molecule has 116 valence electrons. The molecule has 3 rings (SSSR count). The van der Waals surface area contributed by atoms with Crippen molar-refractivity contribution in [3.05, 3.63) is 58.5 Å². The first-order chi connectivity index (χ1) is 10.6. The summed E-state index contributed by atoms with van der Waals surface area (Å²) in [5.41, 5.74) is 1.31. The number of halogens is 1. The van der Waals surface area contributed by atoms with E-state index in [1.807, 2.05) is 6.07 Å². The minimum Gasteiger partial charge on any atom is -0.444 e. The molecule has 0 bridgehead atoms. The number of benzene rings is 1. The molecule has 0 saturated carbocycles. The lowest BCUT2D eigenvalue weighted by Crippen LogP contribution is -2.37. The van der Waals surface area contributed by atoms with Gasteiger partial charge in [-0.3, -0.25) is 9.69 Å². The molecule has 1 N–H and O–H groups in total. The Morgan fingerprint density at radius 2 is 2.09 bits per heavy atom. The molecule has 4 nitrogen and oxygen atoms in total. The topological polar surface area (TPSA) is 45.5 Å². The second-order valence-corrected chi connectivity index (χ2v) is 6.43. The number of amides is 1. The second-order valence-electron chi connectivity index (χ2n) is 5.64. The molecule has 1 aromatic heterocycles. The van der Waals surface area contributed by atoms with Crippen molar-refractivity contribution in [2.75, 3.05) is 13.1 Å². The van der Waals surface area contributed by atoms with Crippen LogP contribution in [0.25, 0.3) is 0 Å². The van der Waals surface area contributed by atoms with Gasteiger partial charge in [0.25, 0.3) is 5.91 Å². The lowest BCUT2D eigenvalue weighted by molar-refractivity contribution is 0.0907. The van der Waals surface area contributed by atoms with Crippen LogP contribution in [0.5, 0.6) is 0 Å². The third-order valence-corrected chi connectivity index (χ3v) is 4.61. The zero-order valence-electron chi connectivity index (χ0n) is 12.5. The summed E-state index contributed by atoms with van der Waals surface area (Å²) in [5, 5.41) is 3.05. The molecule has 0 radical (unpaired) electrons. The Morgan fingerprint density at radius 3 is 2.77 bits per heavy atom. The van der Waals surface area contributed by atoms with Gasteiger partial charge in [0.1, 0.15) is 0 Å². The summed E-state index contributed by atoms with van der Waals surface area (Å²) in [4.78, 5) is 14.5. The average Bonchev–Trinajstić information content (AvgIpc) is 3.16. The maximum absolute atomic E-state index is 12.1. The molecule has 1 aromatic carbocycles. The summed E-state index contributed by atoms with van der Waals surface area (Å²) in [6.07, 6.45) is 0.963. The predicted molar refractivity (Wildman–Crippen MR) is 88.7 cm³/mol. The SMILES string of the molecule is C[C@H](c1ccccc1)N1CC[C@H](NC(=O)c2ccc(Br)o2)C1. The Bertz CT molecular complexity index is 641. The van der Waals surface area contributed by atoms with Crippen LogP contribution in [0, 0.1) is 0 Å². The Labute approximate surface area is 138 Å². The molecule has 1 amide bonds. The van der Waals surface area contributed by atoms with Crippen molar-refractivity contribution in [1.29, 1.82) is 0 Å². The molecular formula is C17H19BrN2O2. The minimum absolute atomic E-state index is 0.148. The van der Waals surface area contributed by atoms with Gasteiger partial charge in [-0.25, -0.2) is 0 Å². The van der Waals surface area contributed by atoms with E-state index in [1.165, 1.54) is 5.56 Å². The third kappa shape index (κ3) is 3.42. The first kappa shape index (κ1) is 15.3. The highest BCUT2D eigenvalue weighted by Gasteiger charge is 2.28. The summed E-state index contributed by atoms with van der Waals surface area (Å²) in [5.74, 6) is 0.200. The zero-order chi connectivity index (χ0) is 15.5. The number of carbonyl (C=O) groups excluding carboxylic acids is 1. The van der Waals surface area contributed by atoms with Crippen molar-refractivity contribution in [3.63, 3.8) is 0 Å². The molecule has 2 atom stereocenters. The molecule has 1 saturated heterocycles. The molecule has 5 heteroatoms. The van der Waals surface area contributed by atoms with E-state index < -0.39 is 0 Å². The maximum Gasteiger partial charge on any atom is 0.287 e. The van der Waals surface area contributed by atoms with Gasteiger partial charge in [-0.2, -0.15) is 0 Å². The molecule has 22 heavy (non-hydrogen) atoms. The Hall–Kier alpha value is -1.59. The fourth-order valence-electron chi connectivity index (χ4n) is 2.89. The maximum atomic E-state index is 12.1. The van der Waals surface area contributed by atoms with Crippen LogP contribution >= 0.6 is 15.9 Å². The van der Waals surface area contributed by atoms with Gasteiger partial charge in [-0.05, 0) is 47.0 Å². The van der Waals surface area contributed by atoms with Gasteiger partial charge in [0.05, 0.1) is 0 Å². The van der Waals surface area contributed by atoms with E-state index in [-0.39, 0.29) is 11.9 Å². The second kappa shape index (κ2) is 6.67. The lowest BCUT2D eigenvalue weighted by atomic mass is 10.1. The van der Waals surface area contributed by atoms with Crippen LogP contribution in [0.2, 0.25) is 0 Å². The summed E-state index contributed by atoms with van der Waals surface area (Å²) >= 11 is 3.21. The van der Waals surface area contributed by atoms with Gasteiger partial charge >= 0.3 is 0 Å². The largest absolute Gasteiger partial charge is 0.444 e. The molecule has 0 unspecified atom stereocenters. The van der Waals surface area contributed by atoms with Crippen LogP contribution in [-0.2, 0) is 0 Å². The van der Waals surface area contributed by atoms with Crippen LogP contribution in [0.1, 0.15) is 35.5 Å². The monoisotopic (exact) mass is 362 g/mol. The minimum atomic E-state index is -0.148. The number of rotatable bonds is 4. The van der Waals surface area contributed by atoms with Gasteiger partial charge in [0, 0.05) is 25.2 Å². The van der Waals surface area contributed by atoms with E-state index in [0.29, 0.717) is 16.5 Å². The Morgan fingerprint density at radius 1 is 1.32 bits per heavy atom. The number of furan rings is 1. The van der Waals surface area contributed by atoms with E-state index in [4.69, 9.17) is 4.42 Å². The van der Waals surface area contributed by atoms with E-state index in [1.54, 1.807) is 12.1 Å².